The predicted molar refractivity (Wildman–Crippen MR) is 76.6 cm³/mol. The Morgan fingerprint density at radius 2 is 1.64 bits per heavy atom. The number of hydrogen-bond donors (Lipinski definition) is 0. The summed E-state index contributed by atoms with van der Waals surface area (Å²) in [5, 5.41) is 1.84. The minimum atomic E-state index is -10.7. The van der Waals surface area contributed by atoms with Crippen molar-refractivity contribution in [2.24, 2.45) is 0 Å². The minimum Gasteiger partial charge on any atom is 1.00 e. The molecule has 0 atom stereocenters. The van der Waals surface area contributed by atoms with Crippen molar-refractivity contribution in [2.45, 2.75) is 6.92 Å². The van der Waals surface area contributed by atoms with E-state index in [4.69, 9.17) is 4.84 Å². The second kappa shape index (κ2) is 5.93. The van der Waals surface area contributed by atoms with E-state index in [9.17, 15) is 25.2 Å². The first-order valence-corrected chi connectivity index (χ1v) is 8.27. The summed E-state index contributed by atoms with van der Waals surface area (Å²) in [6, 6.07) is 10.4. The van der Waals surface area contributed by atoms with Crippen LogP contribution in [0, 0.1) is 0 Å². The van der Waals surface area contributed by atoms with Crippen molar-refractivity contribution in [1.82, 2.24) is 5.06 Å². The van der Waals surface area contributed by atoms with Gasteiger partial charge in [-0.3, -0.25) is 9.90 Å². The van der Waals surface area contributed by atoms with E-state index >= 15 is 0 Å². The van der Waals surface area contributed by atoms with Crippen LogP contribution in [-0.2, 0) is 4.84 Å². The zero-order valence-corrected chi connectivity index (χ0v) is 12.5. The zero-order valence-electron chi connectivity index (χ0n) is 12.6. The van der Waals surface area contributed by atoms with Gasteiger partial charge in [-0.05, 0) is 24.1 Å². The molecule has 0 aromatic heterocycles. The smallest absolute Gasteiger partial charge is 1.00 e. The Hall–Kier alpha value is -1.53. The number of nitrogens with zero attached hydrogens (tertiary/aromatic N) is 1. The summed E-state index contributed by atoms with van der Waals surface area (Å²) in [7, 11) is -10.7. The third kappa shape index (κ3) is 10.2. The van der Waals surface area contributed by atoms with Crippen LogP contribution in [0.2, 0.25) is 0 Å². The third-order valence-electron chi connectivity index (χ3n) is 2.31. The average molecular weight is 347 g/mol. The fraction of sp³-hybridized carbons (Fsp3) is 0.231. The quantitative estimate of drug-likeness (QED) is 0.467. The SMILES string of the molecule is CCON1C=CC(c2ccccc2)=CC1.F[P-](F)(F)(F)(F)F.[H+]. The van der Waals surface area contributed by atoms with Crippen LogP contribution in [0.5, 0.6) is 0 Å². The van der Waals surface area contributed by atoms with Gasteiger partial charge in [-0.1, -0.05) is 36.4 Å². The summed E-state index contributed by atoms with van der Waals surface area (Å²) in [5.74, 6) is 0. The number of hydroxylamine groups is 2. The molecular weight excluding hydrogens is 331 g/mol. The van der Waals surface area contributed by atoms with Crippen molar-refractivity contribution in [1.29, 1.82) is 0 Å². The van der Waals surface area contributed by atoms with Crippen LogP contribution in [-0.4, -0.2) is 18.2 Å². The van der Waals surface area contributed by atoms with Crippen molar-refractivity contribution in [3.05, 3.63) is 54.2 Å². The number of allylic oxidation sites excluding steroid dienone is 2. The Morgan fingerprint density at radius 3 is 2.05 bits per heavy atom. The molecule has 1 aliphatic heterocycles. The average Bonchev–Trinajstić information content (AvgIpc) is 2.37. The minimum absolute atomic E-state index is 0. The van der Waals surface area contributed by atoms with Gasteiger partial charge in [-0.25, -0.2) is 0 Å². The van der Waals surface area contributed by atoms with Crippen molar-refractivity contribution < 1.29 is 31.4 Å². The van der Waals surface area contributed by atoms with Crippen LogP contribution in [0.4, 0.5) is 25.2 Å². The summed E-state index contributed by atoms with van der Waals surface area (Å²) in [5.41, 5.74) is 2.51. The normalized spacial score (nSPS) is 17.8. The summed E-state index contributed by atoms with van der Waals surface area (Å²) in [6.07, 6.45) is 6.23. The Labute approximate surface area is 125 Å². The molecule has 126 valence electrons. The maximum atomic E-state index is 9.87. The van der Waals surface area contributed by atoms with Gasteiger partial charge in [0.2, 0.25) is 0 Å². The Morgan fingerprint density at radius 1 is 1.09 bits per heavy atom. The first-order chi connectivity index (χ1) is 9.85. The first-order valence-electron chi connectivity index (χ1n) is 6.25. The van der Waals surface area contributed by atoms with E-state index in [1.165, 1.54) is 11.1 Å². The largest absolute Gasteiger partial charge is 1.00 e. The summed E-state index contributed by atoms with van der Waals surface area (Å²) < 4.78 is 59.2. The summed E-state index contributed by atoms with van der Waals surface area (Å²) in [6.45, 7) is 3.51. The van der Waals surface area contributed by atoms with Gasteiger partial charge < -0.3 is 0 Å². The van der Waals surface area contributed by atoms with E-state index < -0.39 is 7.81 Å². The zero-order chi connectivity index (χ0) is 16.9. The van der Waals surface area contributed by atoms with Gasteiger partial charge in [0.15, 0.2) is 0 Å². The van der Waals surface area contributed by atoms with Crippen LogP contribution in [0.15, 0.2) is 48.7 Å². The number of rotatable bonds is 3. The molecule has 0 bridgehead atoms. The van der Waals surface area contributed by atoms with Gasteiger partial charge in [0.1, 0.15) is 0 Å². The maximum Gasteiger partial charge on any atom is 1.00 e. The van der Waals surface area contributed by atoms with Crippen LogP contribution < -0.4 is 0 Å². The molecule has 0 unspecified atom stereocenters. The van der Waals surface area contributed by atoms with Crippen LogP contribution in [0.1, 0.15) is 13.9 Å². The molecule has 9 heteroatoms. The topological polar surface area (TPSA) is 12.5 Å². The molecule has 0 saturated heterocycles. The second-order valence-corrected chi connectivity index (χ2v) is 6.23. The molecule has 1 aromatic carbocycles. The predicted octanol–water partition coefficient (Wildman–Crippen LogP) is 6.35. The molecule has 0 radical (unpaired) electrons. The fourth-order valence-corrected chi connectivity index (χ4v) is 1.59. The van der Waals surface area contributed by atoms with Gasteiger partial charge in [-0.2, -0.15) is 0 Å². The molecule has 1 aromatic rings. The monoisotopic (exact) mass is 347 g/mol. The van der Waals surface area contributed by atoms with E-state index in [1.54, 1.807) is 0 Å². The maximum absolute atomic E-state index is 10.7. The number of hydrogen-bond acceptors (Lipinski definition) is 2. The van der Waals surface area contributed by atoms with E-state index in [-0.39, 0.29) is 1.43 Å². The van der Waals surface area contributed by atoms with E-state index in [2.05, 4.69) is 36.4 Å². The molecule has 0 amide bonds. The standard InChI is InChI=1S/C13H15NO.F6P/c1-2-15-14-10-8-13(9-11-14)12-6-4-3-5-7-12;1-7(2,3,4,5)6/h3-10H,2,11H2,1H3;/q;-1/p+1. The van der Waals surface area contributed by atoms with E-state index in [0.717, 1.165) is 6.54 Å². The van der Waals surface area contributed by atoms with E-state index in [1.807, 2.05) is 24.3 Å². The number of halogens is 6. The molecule has 0 spiro atoms. The van der Waals surface area contributed by atoms with Crippen LogP contribution in [0.3, 0.4) is 0 Å². The summed E-state index contributed by atoms with van der Waals surface area (Å²) in [4.78, 5) is 5.37. The Bertz CT molecular complexity index is 547. The Balaban J connectivity index is 0.000000522. The molecule has 0 saturated carbocycles. The van der Waals surface area contributed by atoms with Crippen molar-refractivity contribution in [3.63, 3.8) is 0 Å². The van der Waals surface area contributed by atoms with E-state index in [0.29, 0.717) is 6.61 Å². The third-order valence-corrected chi connectivity index (χ3v) is 2.31. The molecule has 1 aliphatic rings. The van der Waals surface area contributed by atoms with Crippen molar-refractivity contribution in [3.8, 4) is 0 Å². The van der Waals surface area contributed by atoms with Gasteiger partial charge in [0.25, 0.3) is 0 Å². The Kier molecular flexibility index (Phi) is 4.99. The fourth-order valence-electron chi connectivity index (χ4n) is 1.59. The molecule has 22 heavy (non-hydrogen) atoms. The number of benzene rings is 1. The second-order valence-electron chi connectivity index (χ2n) is 4.32. The van der Waals surface area contributed by atoms with Crippen molar-refractivity contribution >= 4 is 13.4 Å². The van der Waals surface area contributed by atoms with Crippen molar-refractivity contribution in [2.75, 3.05) is 13.2 Å². The molecule has 2 rings (SSSR count). The van der Waals surface area contributed by atoms with Gasteiger partial charge in [-0.15, -0.1) is 0 Å². The van der Waals surface area contributed by atoms with Gasteiger partial charge in [0, 0.05) is 6.20 Å². The molecule has 2 nitrogen and oxygen atoms in total. The van der Waals surface area contributed by atoms with Crippen LogP contribution in [0.25, 0.3) is 5.57 Å². The molecule has 0 fully saturated rings. The first kappa shape index (κ1) is 18.5. The molecular formula is C13H16F6NOP. The molecule has 1 heterocycles. The molecule has 0 aliphatic carbocycles. The summed E-state index contributed by atoms with van der Waals surface area (Å²) >= 11 is 0. The molecule has 0 N–H and O–H groups in total. The van der Waals surface area contributed by atoms with Crippen LogP contribution >= 0.6 is 7.81 Å². The van der Waals surface area contributed by atoms with Gasteiger partial charge in [0.05, 0.1) is 13.2 Å². The van der Waals surface area contributed by atoms with Gasteiger partial charge >= 0.3 is 34.4 Å².